The topological polar surface area (TPSA) is 161 Å². The third-order valence-electron chi connectivity index (χ3n) is 2.54. The summed E-state index contributed by atoms with van der Waals surface area (Å²) in [4.78, 5) is 21.8. The van der Waals surface area contributed by atoms with E-state index in [4.69, 9.17) is 13.5 Å². The molecular weight excluding hydrogens is 330 g/mol. The number of hydrogen-bond acceptors (Lipinski definition) is 8. The van der Waals surface area contributed by atoms with Gasteiger partial charge in [-0.3, -0.25) is 14.9 Å². The van der Waals surface area contributed by atoms with Gasteiger partial charge in [-0.25, -0.2) is 5.43 Å². The quantitative estimate of drug-likeness (QED) is 0.427. The summed E-state index contributed by atoms with van der Waals surface area (Å²) in [6.07, 6.45) is 1.03. The molecule has 2 rings (SSSR count). The Morgan fingerprint density at radius 2 is 2.09 bits per heavy atom. The summed E-state index contributed by atoms with van der Waals surface area (Å²) in [6.45, 7) is 0. The van der Waals surface area contributed by atoms with Crippen LogP contribution in [0.15, 0.2) is 51.0 Å². The van der Waals surface area contributed by atoms with Crippen molar-refractivity contribution < 1.29 is 27.8 Å². The molecule has 2 aromatic rings. The molecule has 122 valence electrons. The first-order valence-corrected chi connectivity index (χ1v) is 7.41. The highest BCUT2D eigenvalue weighted by Gasteiger charge is 2.12. The third kappa shape index (κ3) is 4.37. The van der Waals surface area contributed by atoms with Gasteiger partial charge in [-0.15, -0.1) is 0 Å². The van der Waals surface area contributed by atoms with Crippen LogP contribution in [0, 0.1) is 10.1 Å². The van der Waals surface area contributed by atoms with Gasteiger partial charge in [0.05, 0.1) is 11.1 Å². The van der Waals surface area contributed by atoms with Crippen LogP contribution in [0.3, 0.4) is 0 Å². The van der Waals surface area contributed by atoms with Gasteiger partial charge in [0.2, 0.25) is 0 Å². The molecular formula is C12H10N3O7S-. The molecule has 1 aromatic heterocycles. The molecule has 0 fully saturated rings. The number of nitro groups is 1. The molecule has 0 aliphatic heterocycles. The van der Waals surface area contributed by atoms with Crippen LogP contribution in [0.4, 0.5) is 5.69 Å². The highest BCUT2D eigenvalue weighted by molar-refractivity contribution is 8.19. The van der Waals surface area contributed by atoms with Crippen LogP contribution >= 0.6 is 10.9 Å². The summed E-state index contributed by atoms with van der Waals surface area (Å²) in [5.41, 5.74) is 1.91. The van der Waals surface area contributed by atoms with Crippen LogP contribution in [0.5, 0.6) is 0 Å². The Bertz CT molecular complexity index is 766. The van der Waals surface area contributed by atoms with Gasteiger partial charge in [0.25, 0.3) is 11.6 Å². The lowest BCUT2D eigenvalue weighted by atomic mass is 10.2. The van der Waals surface area contributed by atoms with E-state index in [1.807, 2.05) is 0 Å². The number of nitrogens with one attached hydrogen (secondary N) is 1. The lowest BCUT2D eigenvalue weighted by Gasteiger charge is -2.29. The smallest absolute Gasteiger partial charge is 0.271 e. The van der Waals surface area contributed by atoms with Crippen molar-refractivity contribution in [1.82, 2.24) is 5.43 Å². The number of amides is 1. The summed E-state index contributed by atoms with van der Waals surface area (Å²) in [7, 11) is -4.21. The van der Waals surface area contributed by atoms with Gasteiger partial charge in [0.1, 0.15) is 5.76 Å². The summed E-state index contributed by atoms with van der Waals surface area (Å²) >= 11 is 0. The molecule has 1 aromatic carbocycles. The molecule has 0 unspecified atom stereocenters. The normalized spacial score (nSPS) is 12.3. The Morgan fingerprint density at radius 3 is 2.70 bits per heavy atom. The van der Waals surface area contributed by atoms with Crippen molar-refractivity contribution in [3.8, 4) is 0 Å². The number of carbonyl (C=O) groups is 1. The molecule has 0 radical (unpaired) electrons. The van der Waals surface area contributed by atoms with Crippen molar-refractivity contribution in [2.75, 3.05) is 0 Å². The van der Waals surface area contributed by atoms with E-state index in [1.165, 1.54) is 24.3 Å². The van der Waals surface area contributed by atoms with E-state index in [-0.39, 0.29) is 17.0 Å². The second-order valence-corrected chi connectivity index (χ2v) is 5.56. The number of carbonyl (C=O) groups excluding carboxylic acids is 1. The number of benzene rings is 1. The van der Waals surface area contributed by atoms with E-state index in [0.29, 0.717) is 0 Å². The van der Waals surface area contributed by atoms with E-state index in [1.54, 1.807) is 0 Å². The minimum absolute atomic E-state index is 0.00941. The van der Waals surface area contributed by atoms with E-state index in [9.17, 15) is 19.5 Å². The van der Waals surface area contributed by atoms with Crippen LogP contribution in [0.25, 0.3) is 0 Å². The van der Waals surface area contributed by atoms with Gasteiger partial charge in [-0.2, -0.15) is 5.10 Å². The van der Waals surface area contributed by atoms with Crippen molar-refractivity contribution >= 4 is 28.7 Å². The van der Waals surface area contributed by atoms with Crippen LogP contribution < -0.4 is 5.43 Å². The second-order valence-electron chi connectivity index (χ2n) is 4.16. The zero-order valence-electron chi connectivity index (χ0n) is 11.3. The van der Waals surface area contributed by atoms with Crippen LogP contribution in [0.1, 0.15) is 16.1 Å². The molecule has 11 heteroatoms. The number of nitrogens with zero attached hydrogens (tertiary/aromatic N) is 2. The fraction of sp³-hybridized carbons (Fsp3) is 0. The van der Waals surface area contributed by atoms with Gasteiger partial charge in [-0.1, -0.05) is 6.07 Å². The Labute approximate surface area is 130 Å². The highest BCUT2D eigenvalue weighted by Crippen LogP contribution is 2.43. The summed E-state index contributed by atoms with van der Waals surface area (Å²) in [5, 5.41) is 13.6. The lowest BCUT2D eigenvalue weighted by molar-refractivity contribution is -0.384. The number of nitro benzene ring substituents is 1. The predicted molar refractivity (Wildman–Crippen MR) is 78.8 cm³/mol. The number of hydrazone groups is 1. The average molecular weight is 340 g/mol. The molecule has 1 amide bonds. The van der Waals surface area contributed by atoms with E-state index in [2.05, 4.69) is 10.5 Å². The van der Waals surface area contributed by atoms with Crippen molar-refractivity contribution in [2.45, 2.75) is 5.09 Å². The minimum atomic E-state index is -4.21. The van der Waals surface area contributed by atoms with Gasteiger partial charge in [-0.05, 0) is 29.1 Å². The maximum absolute atomic E-state index is 11.8. The highest BCUT2D eigenvalue weighted by atomic mass is 32.3. The van der Waals surface area contributed by atoms with Crippen LogP contribution in [-0.2, 0) is 0 Å². The zero-order valence-corrected chi connectivity index (χ0v) is 12.1. The summed E-state index contributed by atoms with van der Waals surface area (Å²) in [5.74, 6) is -0.681. The number of hydrogen-bond donors (Lipinski definition) is 3. The predicted octanol–water partition coefficient (Wildman–Crippen LogP) is 2.19. The molecule has 0 saturated heterocycles. The lowest BCUT2D eigenvalue weighted by Crippen LogP contribution is -2.17. The summed E-state index contributed by atoms with van der Waals surface area (Å²) in [6, 6.07) is 7.38. The Balaban J connectivity index is 2.03. The Kier molecular flexibility index (Phi) is 4.76. The third-order valence-corrected chi connectivity index (χ3v) is 3.28. The van der Waals surface area contributed by atoms with Crippen molar-refractivity contribution in [3.63, 3.8) is 0 Å². The molecule has 0 aliphatic rings. The molecule has 23 heavy (non-hydrogen) atoms. The fourth-order valence-corrected chi connectivity index (χ4v) is 1.98. The number of rotatable bonds is 5. The molecule has 1 heterocycles. The zero-order chi connectivity index (χ0) is 17.0. The molecule has 0 saturated carbocycles. The van der Waals surface area contributed by atoms with Crippen molar-refractivity contribution in [1.29, 1.82) is 0 Å². The van der Waals surface area contributed by atoms with Crippen LogP contribution in [-0.4, -0.2) is 30.7 Å². The second kappa shape index (κ2) is 6.58. The summed E-state index contributed by atoms with van der Waals surface area (Å²) < 4.78 is 33.4. The van der Waals surface area contributed by atoms with E-state index >= 15 is 0 Å². The van der Waals surface area contributed by atoms with E-state index < -0.39 is 26.8 Å². The SMILES string of the molecule is O=C(NN=Cc1ccc(S([O-])(O)O)o1)c1cccc([N+](=O)[O-])c1. The van der Waals surface area contributed by atoms with Gasteiger partial charge >= 0.3 is 0 Å². The molecule has 0 spiro atoms. The van der Waals surface area contributed by atoms with Crippen molar-refractivity contribution in [3.05, 3.63) is 57.8 Å². The first-order valence-electron chi connectivity index (χ1n) is 5.94. The number of furan rings is 1. The van der Waals surface area contributed by atoms with Crippen molar-refractivity contribution in [2.24, 2.45) is 5.10 Å². The minimum Gasteiger partial charge on any atom is -0.767 e. The van der Waals surface area contributed by atoms with Gasteiger partial charge in [0.15, 0.2) is 5.09 Å². The Morgan fingerprint density at radius 1 is 1.35 bits per heavy atom. The molecule has 0 atom stereocenters. The molecule has 0 bridgehead atoms. The fourth-order valence-electron chi connectivity index (χ4n) is 1.53. The number of non-ortho nitro benzene ring substituents is 1. The standard InChI is InChI=1S/C12H11N3O7S/c16-12(8-2-1-3-9(6-8)15(17)18)14-13-7-10-4-5-11(22-10)23(19,20)21/h1-7,19-21H,(H,14,16)/p-1. The van der Waals surface area contributed by atoms with E-state index in [0.717, 1.165) is 18.3 Å². The van der Waals surface area contributed by atoms with Crippen LogP contribution in [0.2, 0.25) is 0 Å². The molecule has 10 nitrogen and oxygen atoms in total. The monoisotopic (exact) mass is 340 g/mol. The largest absolute Gasteiger partial charge is 0.767 e. The maximum atomic E-state index is 11.8. The Hall–Kier alpha value is -2.73. The van der Waals surface area contributed by atoms with Gasteiger partial charge in [0, 0.05) is 17.7 Å². The molecule has 0 aliphatic carbocycles. The maximum Gasteiger partial charge on any atom is 0.271 e. The average Bonchev–Trinajstić information content (AvgIpc) is 2.96. The first kappa shape index (κ1) is 16.6. The first-order chi connectivity index (χ1) is 10.8. The molecule has 3 N–H and O–H groups in total. The van der Waals surface area contributed by atoms with Gasteiger partial charge < -0.3 is 18.1 Å².